The summed E-state index contributed by atoms with van der Waals surface area (Å²) in [5, 5.41) is 7.75. The molecule has 108 valence electrons. The molecule has 0 fully saturated rings. The Morgan fingerprint density at radius 2 is 2.10 bits per heavy atom. The molecule has 0 spiro atoms. The van der Waals surface area contributed by atoms with Crippen LogP contribution in [0.3, 0.4) is 0 Å². The quantitative estimate of drug-likeness (QED) is 0.826. The minimum Gasteiger partial charge on any atom is -0.313 e. The summed E-state index contributed by atoms with van der Waals surface area (Å²) in [5.41, 5.74) is 2.38. The minimum atomic E-state index is 0.386. The third-order valence-electron chi connectivity index (χ3n) is 3.23. The maximum Gasteiger partial charge on any atom is 0.0897 e. The number of rotatable bonds is 7. The van der Waals surface area contributed by atoms with Crippen molar-refractivity contribution in [2.75, 3.05) is 6.54 Å². The molecule has 1 heterocycles. The Labute approximate surface area is 130 Å². The second kappa shape index (κ2) is 7.77. The molecule has 2 nitrogen and oxygen atoms in total. The maximum absolute atomic E-state index is 6.27. The first-order chi connectivity index (χ1) is 9.69. The second-order valence-corrected chi connectivity index (χ2v) is 6.48. The third-order valence-corrected chi connectivity index (χ3v) is 4.42. The van der Waals surface area contributed by atoms with E-state index in [1.807, 2.05) is 18.2 Å². The Bertz CT molecular complexity index is 539. The van der Waals surface area contributed by atoms with Crippen LogP contribution in [-0.4, -0.2) is 17.6 Å². The molecule has 4 heteroatoms. The van der Waals surface area contributed by atoms with E-state index in [1.165, 1.54) is 11.3 Å². The average molecular weight is 309 g/mol. The van der Waals surface area contributed by atoms with Crippen LogP contribution in [0.1, 0.15) is 29.6 Å². The molecule has 1 unspecified atom stereocenters. The summed E-state index contributed by atoms with van der Waals surface area (Å²) in [6.07, 6.45) is 3.03. The van der Waals surface area contributed by atoms with Gasteiger partial charge in [-0.25, -0.2) is 4.98 Å². The molecule has 1 aromatic heterocycles. The van der Waals surface area contributed by atoms with Gasteiger partial charge in [-0.15, -0.1) is 11.3 Å². The number of nitrogens with zero attached hydrogens (tertiary/aromatic N) is 1. The molecule has 20 heavy (non-hydrogen) atoms. The zero-order chi connectivity index (χ0) is 14.4. The van der Waals surface area contributed by atoms with Crippen LogP contribution in [0.15, 0.2) is 29.6 Å². The lowest BCUT2D eigenvalue weighted by Gasteiger charge is -2.18. The fourth-order valence-electron chi connectivity index (χ4n) is 2.25. The predicted molar refractivity (Wildman–Crippen MR) is 87.8 cm³/mol. The summed E-state index contributed by atoms with van der Waals surface area (Å²) in [6.45, 7) is 5.27. The van der Waals surface area contributed by atoms with E-state index in [-0.39, 0.29) is 0 Å². The number of hydrogen-bond acceptors (Lipinski definition) is 3. The molecule has 0 saturated heterocycles. The van der Waals surface area contributed by atoms with Crippen LogP contribution in [0, 0.1) is 6.92 Å². The highest BCUT2D eigenvalue weighted by molar-refractivity contribution is 7.09. The average Bonchev–Trinajstić information content (AvgIpc) is 2.84. The molecule has 0 aliphatic heterocycles. The van der Waals surface area contributed by atoms with Gasteiger partial charge in [0, 0.05) is 22.9 Å². The van der Waals surface area contributed by atoms with Gasteiger partial charge in [-0.3, -0.25) is 0 Å². The maximum atomic E-state index is 6.27. The number of aryl methyl sites for hydroxylation is 1. The minimum absolute atomic E-state index is 0.386. The molecule has 0 aliphatic rings. The zero-order valence-electron chi connectivity index (χ0n) is 12.0. The van der Waals surface area contributed by atoms with Gasteiger partial charge in [0.15, 0.2) is 0 Å². The van der Waals surface area contributed by atoms with Gasteiger partial charge >= 0.3 is 0 Å². The highest BCUT2D eigenvalue weighted by Crippen LogP contribution is 2.18. The van der Waals surface area contributed by atoms with Crippen LogP contribution in [0.4, 0.5) is 0 Å². The Morgan fingerprint density at radius 3 is 2.75 bits per heavy atom. The van der Waals surface area contributed by atoms with Crippen LogP contribution in [0.5, 0.6) is 0 Å². The summed E-state index contributed by atoms with van der Waals surface area (Å²) in [7, 11) is 0. The lowest BCUT2D eigenvalue weighted by atomic mass is 10.0. The highest BCUT2D eigenvalue weighted by Gasteiger charge is 2.13. The zero-order valence-corrected chi connectivity index (χ0v) is 13.6. The summed E-state index contributed by atoms with van der Waals surface area (Å²) >= 11 is 7.98. The summed E-state index contributed by atoms with van der Waals surface area (Å²) < 4.78 is 0. The van der Waals surface area contributed by atoms with Crippen LogP contribution in [0.25, 0.3) is 0 Å². The molecular weight excluding hydrogens is 288 g/mol. The normalized spacial score (nSPS) is 12.6. The number of thiazole rings is 1. The summed E-state index contributed by atoms with van der Waals surface area (Å²) in [4.78, 5) is 4.57. The van der Waals surface area contributed by atoms with Crippen molar-refractivity contribution < 1.29 is 0 Å². The van der Waals surface area contributed by atoms with E-state index in [2.05, 4.69) is 35.6 Å². The SMILES string of the molecule is CCCNC(Cc1csc(C)n1)Cc1ccccc1Cl. The second-order valence-electron chi connectivity index (χ2n) is 5.01. The summed E-state index contributed by atoms with van der Waals surface area (Å²) in [5.74, 6) is 0. The van der Waals surface area contributed by atoms with Crippen molar-refractivity contribution in [1.82, 2.24) is 10.3 Å². The van der Waals surface area contributed by atoms with Crippen LogP contribution >= 0.6 is 22.9 Å². The van der Waals surface area contributed by atoms with Crippen molar-refractivity contribution in [2.45, 2.75) is 39.2 Å². The Hall–Kier alpha value is -0.900. The van der Waals surface area contributed by atoms with E-state index < -0.39 is 0 Å². The van der Waals surface area contributed by atoms with E-state index in [0.29, 0.717) is 6.04 Å². The van der Waals surface area contributed by atoms with Crippen LogP contribution in [0.2, 0.25) is 5.02 Å². The van der Waals surface area contributed by atoms with Gasteiger partial charge in [0.05, 0.1) is 10.7 Å². The van der Waals surface area contributed by atoms with E-state index in [0.717, 1.165) is 35.8 Å². The van der Waals surface area contributed by atoms with Crippen molar-refractivity contribution in [1.29, 1.82) is 0 Å². The van der Waals surface area contributed by atoms with E-state index in [1.54, 1.807) is 11.3 Å². The molecule has 1 aromatic carbocycles. The summed E-state index contributed by atoms with van der Waals surface area (Å²) in [6, 6.07) is 8.47. The molecular formula is C16H21ClN2S. The molecule has 1 N–H and O–H groups in total. The van der Waals surface area contributed by atoms with Crippen LogP contribution < -0.4 is 5.32 Å². The lowest BCUT2D eigenvalue weighted by Crippen LogP contribution is -2.34. The molecule has 0 radical (unpaired) electrons. The largest absolute Gasteiger partial charge is 0.313 e. The topological polar surface area (TPSA) is 24.9 Å². The predicted octanol–water partition coefficient (Wildman–Crippen LogP) is 4.26. The molecule has 0 saturated carbocycles. The number of nitrogens with one attached hydrogen (secondary N) is 1. The first-order valence-electron chi connectivity index (χ1n) is 7.06. The first-order valence-corrected chi connectivity index (χ1v) is 8.32. The molecule has 2 rings (SSSR count). The number of aromatic nitrogens is 1. The Balaban J connectivity index is 2.05. The molecule has 0 aliphatic carbocycles. The van der Waals surface area contributed by atoms with Gasteiger partial charge in [-0.2, -0.15) is 0 Å². The molecule has 2 aromatic rings. The monoisotopic (exact) mass is 308 g/mol. The van der Waals surface area contributed by atoms with E-state index >= 15 is 0 Å². The van der Waals surface area contributed by atoms with Crippen molar-refractivity contribution in [3.05, 3.63) is 50.9 Å². The smallest absolute Gasteiger partial charge is 0.0897 e. The van der Waals surface area contributed by atoms with Crippen molar-refractivity contribution in [3.63, 3.8) is 0 Å². The number of benzene rings is 1. The van der Waals surface area contributed by atoms with Gasteiger partial charge < -0.3 is 5.32 Å². The Morgan fingerprint density at radius 1 is 1.30 bits per heavy atom. The first kappa shape index (κ1) is 15.5. The molecule has 0 bridgehead atoms. The van der Waals surface area contributed by atoms with Crippen molar-refractivity contribution in [3.8, 4) is 0 Å². The van der Waals surface area contributed by atoms with Gasteiger partial charge in [0.25, 0.3) is 0 Å². The standard InChI is InChI=1S/C16H21ClN2S/c1-3-8-18-14(10-15-11-20-12(2)19-15)9-13-6-4-5-7-16(13)17/h4-7,11,14,18H,3,8-10H2,1-2H3. The van der Waals surface area contributed by atoms with Gasteiger partial charge in [-0.05, 0) is 37.9 Å². The number of hydrogen-bond donors (Lipinski definition) is 1. The highest BCUT2D eigenvalue weighted by atomic mass is 35.5. The van der Waals surface area contributed by atoms with Crippen LogP contribution in [-0.2, 0) is 12.8 Å². The molecule has 1 atom stereocenters. The van der Waals surface area contributed by atoms with E-state index in [4.69, 9.17) is 11.6 Å². The molecule has 0 amide bonds. The lowest BCUT2D eigenvalue weighted by molar-refractivity contribution is 0.501. The van der Waals surface area contributed by atoms with Gasteiger partial charge in [-0.1, -0.05) is 36.7 Å². The van der Waals surface area contributed by atoms with E-state index in [9.17, 15) is 0 Å². The van der Waals surface area contributed by atoms with Gasteiger partial charge in [0.2, 0.25) is 0 Å². The fourth-order valence-corrected chi connectivity index (χ4v) is 3.09. The van der Waals surface area contributed by atoms with Crippen molar-refractivity contribution >= 4 is 22.9 Å². The number of halogens is 1. The fraction of sp³-hybridized carbons (Fsp3) is 0.438. The van der Waals surface area contributed by atoms with Gasteiger partial charge in [0.1, 0.15) is 0 Å². The third kappa shape index (κ3) is 4.58. The van der Waals surface area contributed by atoms with Crippen molar-refractivity contribution in [2.24, 2.45) is 0 Å². The Kier molecular flexibility index (Phi) is 6.02.